The first-order valence-electron chi connectivity index (χ1n) is 21.1. The van der Waals surface area contributed by atoms with E-state index in [2.05, 4.69) is 79.6 Å². The van der Waals surface area contributed by atoms with Crippen molar-refractivity contribution in [1.82, 2.24) is 0 Å². The number of carbonyl (C=O) groups excluding carboxylic acids is 5. The highest BCUT2D eigenvalue weighted by Gasteiger charge is 2.59. The van der Waals surface area contributed by atoms with Gasteiger partial charge in [0.2, 0.25) is 0 Å². The summed E-state index contributed by atoms with van der Waals surface area (Å²) in [6.07, 6.45) is 0. The fraction of sp³-hybridized carbons (Fsp3) is 0.0185. The Morgan fingerprint density at radius 1 is 0.338 bits per heavy atom. The maximum absolute atomic E-state index is 13.7. The summed E-state index contributed by atoms with van der Waals surface area (Å²) in [5.74, 6) is -3.06. The van der Waals surface area contributed by atoms with E-state index in [9.17, 15) is 37.9 Å². The van der Waals surface area contributed by atoms with Crippen LogP contribution in [0.3, 0.4) is 0 Å². The molecule has 0 saturated carbocycles. The van der Waals surface area contributed by atoms with Crippen molar-refractivity contribution in [2.45, 2.75) is 5.72 Å². The first kappa shape index (κ1) is 50.9. The quantitative estimate of drug-likeness (QED) is 0.125. The Morgan fingerprint density at radius 3 is 0.944 bits per heavy atom. The number of amides is 7. The van der Waals surface area contributed by atoms with Gasteiger partial charge in [0.15, 0.2) is 0 Å². The summed E-state index contributed by atoms with van der Waals surface area (Å²) in [7, 11) is 0. The van der Waals surface area contributed by atoms with Gasteiger partial charge in [-0.1, -0.05) is 140 Å². The third-order valence-electron chi connectivity index (χ3n) is 11.0. The lowest BCUT2D eigenvalue weighted by atomic mass is 9.97. The highest BCUT2D eigenvalue weighted by molar-refractivity contribution is 9.11. The second-order valence-corrected chi connectivity index (χ2v) is 20.1. The van der Waals surface area contributed by atoms with Gasteiger partial charge in [-0.05, 0) is 156 Å². The molecule has 10 rings (SSSR count). The van der Waals surface area contributed by atoms with E-state index in [0.29, 0.717) is 22.7 Å². The van der Waals surface area contributed by atoms with E-state index < -0.39 is 35.5 Å². The largest absolute Gasteiger partial charge is 0.359 e. The van der Waals surface area contributed by atoms with Crippen molar-refractivity contribution in [3.05, 3.63) is 234 Å². The van der Waals surface area contributed by atoms with E-state index in [1.165, 1.54) is 24.3 Å². The molecule has 0 spiro atoms. The molecule has 7 amide bonds. The minimum Gasteiger partial charge on any atom is -0.359 e. The first-order chi connectivity index (χ1) is 34.0. The predicted molar refractivity (Wildman–Crippen MR) is 288 cm³/mol. The Bertz CT molecular complexity index is 3150. The molecule has 2 aliphatic heterocycles. The molecule has 8 aromatic rings. The summed E-state index contributed by atoms with van der Waals surface area (Å²) in [4.78, 5) is 67.9. The van der Waals surface area contributed by atoms with Crippen LogP contribution in [0.5, 0.6) is 0 Å². The third kappa shape index (κ3) is 11.1. The summed E-state index contributed by atoms with van der Waals surface area (Å²) in [6, 6.07) is 52.3. The van der Waals surface area contributed by atoms with Crippen LogP contribution in [0.15, 0.2) is 216 Å². The van der Waals surface area contributed by atoms with E-state index in [0.717, 1.165) is 64.2 Å². The fourth-order valence-corrected chi connectivity index (χ4v) is 8.78. The van der Waals surface area contributed by atoms with Gasteiger partial charge in [0.1, 0.15) is 11.6 Å². The minimum absolute atomic E-state index is 0.203. The van der Waals surface area contributed by atoms with Crippen LogP contribution in [0.1, 0.15) is 5.56 Å². The van der Waals surface area contributed by atoms with Crippen LogP contribution in [-0.2, 0) is 20.1 Å². The van der Waals surface area contributed by atoms with Crippen molar-refractivity contribution in [2.24, 2.45) is 0 Å². The third-order valence-corrected chi connectivity index (χ3v) is 13.6. The number of urea groups is 2. The summed E-state index contributed by atoms with van der Waals surface area (Å²) in [5.41, 5.74) is 3.02. The highest BCUT2D eigenvalue weighted by Crippen LogP contribution is 2.42. The molecule has 0 aromatic heterocycles. The van der Waals surface area contributed by atoms with Crippen molar-refractivity contribution in [2.75, 3.05) is 19.6 Å². The van der Waals surface area contributed by atoms with Crippen LogP contribution in [0.4, 0.5) is 41.1 Å². The molecule has 0 aliphatic carbocycles. The smallest absolute Gasteiger partial charge is 0.343 e. The zero-order valence-corrected chi connectivity index (χ0v) is 44.3. The monoisotopic (exact) mass is 1270 g/mol. The average Bonchev–Trinajstić information content (AvgIpc) is 3.72. The van der Waals surface area contributed by atoms with E-state index in [1.807, 2.05) is 24.3 Å². The number of anilines is 4. The number of rotatable bonds is 7. The van der Waals surface area contributed by atoms with Gasteiger partial charge in [0, 0.05) is 33.6 Å². The molecule has 10 nitrogen and oxygen atoms in total. The SMILES string of the molecule is Fc1ccc(-c2ccc(Br)cc2)cc1.O=C1C(=O)N(c2ccc(Br)cc2)C(=O)N1c1ccc(Br)cc1.O=C1N(c2ccc(Br)cc2)C(=O)C(O)(c2ccc(-c3ccc(F)cc3)cc2)N1c1ccc(Br)cc1. The molecule has 71 heavy (non-hydrogen) atoms. The van der Waals surface area contributed by atoms with Gasteiger partial charge in [-0.15, -0.1) is 0 Å². The van der Waals surface area contributed by atoms with Crippen molar-refractivity contribution in [3.8, 4) is 22.3 Å². The first-order valence-corrected chi connectivity index (χ1v) is 25.0. The number of carbonyl (C=O) groups is 5. The number of benzene rings is 8. The van der Waals surface area contributed by atoms with Crippen LogP contribution < -0.4 is 19.6 Å². The topological polar surface area (TPSA) is 119 Å². The lowest BCUT2D eigenvalue weighted by Gasteiger charge is -2.30. The van der Waals surface area contributed by atoms with Gasteiger partial charge in [0.05, 0.1) is 17.1 Å². The van der Waals surface area contributed by atoms with Crippen molar-refractivity contribution < 1.29 is 37.9 Å². The van der Waals surface area contributed by atoms with Crippen molar-refractivity contribution in [3.63, 3.8) is 0 Å². The van der Waals surface area contributed by atoms with E-state index in [4.69, 9.17) is 0 Å². The maximum Gasteiger partial charge on any atom is 0.343 e. The minimum atomic E-state index is -2.28. The van der Waals surface area contributed by atoms with E-state index in [1.54, 1.807) is 146 Å². The number of nitrogens with zero attached hydrogens (tertiary/aromatic N) is 4. The van der Waals surface area contributed by atoms with Crippen LogP contribution in [-0.4, -0.2) is 34.9 Å². The molecule has 0 radical (unpaired) electrons. The summed E-state index contributed by atoms with van der Waals surface area (Å²) < 4.78 is 30.2. The number of halogens is 7. The van der Waals surface area contributed by atoms with Gasteiger partial charge < -0.3 is 5.11 Å². The second-order valence-electron chi connectivity index (χ2n) is 15.5. The molecule has 2 aliphatic rings. The lowest BCUT2D eigenvalue weighted by molar-refractivity contribution is -0.133. The number of imide groups is 3. The Labute approximate surface area is 447 Å². The maximum atomic E-state index is 13.7. The van der Waals surface area contributed by atoms with Crippen LogP contribution in [0.2, 0.25) is 0 Å². The molecular weight excluding hydrogens is 1240 g/mol. The molecule has 1 unspecified atom stereocenters. The van der Waals surface area contributed by atoms with E-state index in [-0.39, 0.29) is 17.2 Å². The number of hydrogen-bond acceptors (Lipinski definition) is 6. The zero-order chi connectivity index (χ0) is 50.6. The molecule has 354 valence electrons. The van der Waals surface area contributed by atoms with Crippen molar-refractivity contribution >= 4 is 132 Å². The van der Waals surface area contributed by atoms with Crippen LogP contribution in [0, 0.1) is 11.6 Å². The molecule has 1 atom stereocenters. The number of aliphatic hydroxyl groups is 1. The molecule has 8 aromatic carbocycles. The summed E-state index contributed by atoms with van der Waals surface area (Å²) in [5, 5.41) is 11.9. The molecule has 1 N–H and O–H groups in total. The van der Waals surface area contributed by atoms with Crippen molar-refractivity contribution in [1.29, 1.82) is 0 Å². The Morgan fingerprint density at radius 2 is 0.606 bits per heavy atom. The molecular formula is C54H33Br5F2N4O6. The van der Waals surface area contributed by atoms with Gasteiger partial charge in [-0.3, -0.25) is 19.3 Å². The predicted octanol–water partition coefficient (Wildman–Crippen LogP) is 14.8. The number of hydrogen-bond donors (Lipinski definition) is 1. The summed E-state index contributed by atoms with van der Waals surface area (Å²) in [6.45, 7) is 0. The molecule has 2 saturated heterocycles. The van der Waals surface area contributed by atoms with Gasteiger partial charge in [-0.2, -0.15) is 0 Å². The van der Waals surface area contributed by atoms with Gasteiger partial charge in [0.25, 0.3) is 11.6 Å². The molecule has 0 bridgehead atoms. The van der Waals surface area contributed by atoms with Gasteiger partial charge >= 0.3 is 23.9 Å². The molecule has 2 heterocycles. The lowest BCUT2D eigenvalue weighted by Crippen LogP contribution is -2.47. The Hall–Kier alpha value is -6.47. The average molecular weight is 1270 g/mol. The van der Waals surface area contributed by atoms with Crippen LogP contribution in [0.25, 0.3) is 22.3 Å². The molecule has 2 fully saturated rings. The standard InChI is InChI=1S/C27H17Br2FN2O3.C15H8Br2N2O3.C12H8BrF/c28-20-7-13-23(14-8-20)31-25(33)27(35,32(26(31)34)24-15-9-21(29)10-16-24)19-5-1-17(2-6-19)18-3-11-22(30)12-4-18;16-9-1-5-11(6-2-9)18-13(20)14(21)19(15(18)22)12-7-3-10(17)4-8-12;13-11-5-1-9(2-6-11)10-3-7-12(14)8-4-10/h1-16,35H;1-8H;1-8H. The Balaban J connectivity index is 0.000000159. The zero-order valence-electron chi connectivity index (χ0n) is 36.4. The highest BCUT2D eigenvalue weighted by atomic mass is 79.9. The summed E-state index contributed by atoms with van der Waals surface area (Å²) >= 11 is 16.7. The molecule has 17 heteroatoms. The fourth-order valence-electron chi connectivity index (χ4n) is 7.46. The van der Waals surface area contributed by atoms with Gasteiger partial charge in [-0.25, -0.2) is 33.1 Å². The normalized spacial score (nSPS) is 15.4. The van der Waals surface area contributed by atoms with Crippen LogP contribution >= 0.6 is 79.6 Å². The van der Waals surface area contributed by atoms with E-state index >= 15 is 0 Å². The second kappa shape index (κ2) is 21.9. The Kier molecular flexibility index (Phi) is 15.7.